The van der Waals surface area contributed by atoms with Gasteiger partial charge in [-0.15, -0.1) is 0 Å². The molecule has 1 atom stereocenters. The zero-order valence-corrected chi connectivity index (χ0v) is 13.9. The van der Waals surface area contributed by atoms with Crippen LogP contribution < -0.4 is 5.32 Å². The Morgan fingerprint density at radius 2 is 1.75 bits per heavy atom. The van der Waals surface area contributed by atoms with Gasteiger partial charge < -0.3 is 10.4 Å². The molecule has 1 aromatic carbocycles. The summed E-state index contributed by atoms with van der Waals surface area (Å²) in [6.07, 6.45) is 1.81. The molecule has 0 saturated carbocycles. The van der Waals surface area contributed by atoms with Crippen molar-refractivity contribution in [3.05, 3.63) is 34.4 Å². The number of aryl methyl sites for hydroxylation is 3. The van der Waals surface area contributed by atoms with Gasteiger partial charge >= 0.3 is 0 Å². The molecule has 3 heteroatoms. The molecule has 1 fully saturated rings. The van der Waals surface area contributed by atoms with E-state index in [-0.39, 0.29) is 6.04 Å². The van der Waals surface area contributed by atoms with Crippen LogP contribution in [0, 0.1) is 20.8 Å². The Kier molecular flexibility index (Phi) is 5.16. The van der Waals surface area contributed by atoms with E-state index in [1.54, 1.807) is 0 Å². The van der Waals surface area contributed by atoms with Crippen molar-refractivity contribution in [2.75, 3.05) is 18.1 Å². The minimum Gasteiger partial charge on any atom is -0.389 e. The lowest BCUT2D eigenvalue weighted by Crippen LogP contribution is -2.44. The van der Waals surface area contributed by atoms with Gasteiger partial charge in [-0.3, -0.25) is 0 Å². The van der Waals surface area contributed by atoms with Crippen molar-refractivity contribution in [1.29, 1.82) is 0 Å². The molecule has 2 rings (SSSR count). The van der Waals surface area contributed by atoms with Gasteiger partial charge in [-0.05, 0) is 74.3 Å². The van der Waals surface area contributed by atoms with Gasteiger partial charge in [-0.2, -0.15) is 11.8 Å². The molecule has 0 amide bonds. The molecule has 0 bridgehead atoms. The van der Waals surface area contributed by atoms with Crippen LogP contribution in [0.25, 0.3) is 0 Å². The zero-order valence-electron chi connectivity index (χ0n) is 13.1. The van der Waals surface area contributed by atoms with Gasteiger partial charge in [-0.1, -0.05) is 12.1 Å². The van der Waals surface area contributed by atoms with Crippen LogP contribution in [-0.4, -0.2) is 28.8 Å². The van der Waals surface area contributed by atoms with Crippen LogP contribution in [0.15, 0.2) is 12.1 Å². The Balaban J connectivity index is 2.01. The van der Waals surface area contributed by atoms with Gasteiger partial charge in [0.05, 0.1) is 5.60 Å². The van der Waals surface area contributed by atoms with Crippen molar-refractivity contribution in [1.82, 2.24) is 5.32 Å². The molecule has 2 N–H and O–H groups in total. The summed E-state index contributed by atoms with van der Waals surface area (Å²) in [5.74, 6) is 2.16. The van der Waals surface area contributed by atoms with E-state index in [0.717, 1.165) is 24.3 Å². The molecule has 0 aliphatic carbocycles. The fraction of sp³-hybridized carbons (Fsp3) is 0.647. The molecular formula is C17H27NOS. The van der Waals surface area contributed by atoms with Crippen molar-refractivity contribution >= 4 is 11.8 Å². The Morgan fingerprint density at radius 1 is 1.15 bits per heavy atom. The summed E-state index contributed by atoms with van der Waals surface area (Å²) in [6, 6.07) is 4.82. The lowest BCUT2D eigenvalue weighted by Gasteiger charge is -2.33. The highest BCUT2D eigenvalue weighted by Gasteiger charge is 2.29. The maximum Gasteiger partial charge on any atom is 0.0787 e. The first-order valence-corrected chi connectivity index (χ1v) is 8.68. The molecule has 20 heavy (non-hydrogen) atoms. The molecule has 2 nitrogen and oxygen atoms in total. The molecule has 0 radical (unpaired) electrons. The maximum absolute atomic E-state index is 10.6. The second kappa shape index (κ2) is 6.50. The molecule has 1 saturated heterocycles. The van der Waals surface area contributed by atoms with E-state index < -0.39 is 5.60 Å². The van der Waals surface area contributed by atoms with E-state index in [9.17, 15) is 5.11 Å². The van der Waals surface area contributed by atoms with Crippen LogP contribution in [0.5, 0.6) is 0 Å². The Labute approximate surface area is 127 Å². The summed E-state index contributed by atoms with van der Waals surface area (Å²) in [4.78, 5) is 0. The van der Waals surface area contributed by atoms with Gasteiger partial charge in [0.1, 0.15) is 0 Å². The normalized spacial score (nSPS) is 19.9. The van der Waals surface area contributed by atoms with Gasteiger partial charge in [0.15, 0.2) is 0 Å². The predicted molar refractivity (Wildman–Crippen MR) is 88.6 cm³/mol. The quantitative estimate of drug-likeness (QED) is 0.891. The SMILES string of the molecule is Cc1cc(C)c(C(C)NCC2(O)CCSCC2)cc1C. The monoisotopic (exact) mass is 293 g/mol. The van der Waals surface area contributed by atoms with Crippen LogP contribution in [0.1, 0.15) is 48.1 Å². The summed E-state index contributed by atoms with van der Waals surface area (Å²) < 4.78 is 0. The second-order valence-corrected chi connectivity index (χ2v) is 7.46. The Bertz CT molecular complexity index is 466. The smallest absolute Gasteiger partial charge is 0.0787 e. The average molecular weight is 293 g/mol. The van der Waals surface area contributed by atoms with Crippen molar-refractivity contribution in [3.63, 3.8) is 0 Å². The van der Waals surface area contributed by atoms with Crippen LogP contribution >= 0.6 is 11.8 Å². The standard InChI is InChI=1S/C17H27NOS/c1-12-9-14(3)16(10-13(12)2)15(4)18-11-17(19)5-7-20-8-6-17/h9-10,15,18-19H,5-8,11H2,1-4H3. The van der Waals surface area contributed by atoms with Crippen molar-refractivity contribution in [2.45, 2.75) is 52.2 Å². The van der Waals surface area contributed by atoms with Crippen LogP contribution in [0.4, 0.5) is 0 Å². The summed E-state index contributed by atoms with van der Waals surface area (Å²) in [5, 5.41) is 14.1. The second-order valence-electron chi connectivity index (χ2n) is 6.23. The van der Waals surface area contributed by atoms with E-state index in [2.05, 4.69) is 45.1 Å². The average Bonchev–Trinajstić information content (AvgIpc) is 2.41. The lowest BCUT2D eigenvalue weighted by molar-refractivity contribution is 0.0300. The predicted octanol–water partition coefficient (Wildman–Crippen LogP) is 3.52. The van der Waals surface area contributed by atoms with Crippen LogP contribution in [0.3, 0.4) is 0 Å². The number of benzene rings is 1. The first-order chi connectivity index (χ1) is 9.41. The number of rotatable bonds is 4. The van der Waals surface area contributed by atoms with Crippen molar-refractivity contribution in [3.8, 4) is 0 Å². The summed E-state index contributed by atoms with van der Waals surface area (Å²) >= 11 is 1.95. The Morgan fingerprint density at radius 3 is 2.40 bits per heavy atom. The molecule has 1 unspecified atom stereocenters. The summed E-state index contributed by atoms with van der Waals surface area (Å²) in [6.45, 7) is 9.38. The highest BCUT2D eigenvalue weighted by Crippen LogP contribution is 2.28. The number of nitrogens with one attached hydrogen (secondary N) is 1. The third-order valence-corrected chi connectivity index (χ3v) is 5.50. The third kappa shape index (κ3) is 3.78. The molecule has 1 aliphatic rings. The van der Waals surface area contributed by atoms with E-state index in [1.807, 2.05) is 11.8 Å². The number of hydrogen-bond donors (Lipinski definition) is 2. The number of thioether (sulfide) groups is 1. The molecular weight excluding hydrogens is 266 g/mol. The molecule has 1 aliphatic heterocycles. The fourth-order valence-corrected chi connectivity index (χ4v) is 4.08. The lowest BCUT2D eigenvalue weighted by atomic mass is 9.94. The third-order valence-electron chi connectivity index (χ3n) is 4.51. The molecule has 0 spiro atoms. The minimum atomic E-state index is -0.507. The van der Waals surface area contributed by atoms with E-state index in [0.29, 0.717) is 6.54 Å². The summed E-state index contributed by atoms with van der Waals surface area (Å²) in [7, 11) is 0. The van der Waals surface area contributed by atoms with Crippen LogP contribution in [-0.2, 0) is 0 Å². The first kappa shape index (κ1) is 15.9. The van der Waals surface area contributed by atoms with E-state index >= 15 is 0 Å². The largest absolute Gasteiger partial charge is 0.389 e. The molecule has 1 aromatic rings. The van der Waals surface area contributed by atoms with Gasteiger partial charge in [-0.25, -0.2) is 0 Å². The fourth-order valence-electron chi connectivity index (χ4n) is 2.83. The molecule has 0 aromatic heterocycles. The molecule has 1 heterocycles. The summed E-state index contributed by atoms with van der Waals surface area (Å²) in [5.41, 5.74) is 4.86. The highest BCUT2D eigenvalue weighted by molar-refractivity contribution is 7.99. The first-order valence-electron chi connectivity index (χ1n) is 7.52. The van der Waals surface area contributed by atoms with Crippen molar-refractivity contribution in [2.24, 2.45) is 0 Å². The van der Waals surface area contributed by atoms with E-state index in [1.165, 1.54) is 22.3 Å². The Hall–Kier alpha value is -0.510. The van der Waals surface area contributed by atoms with Gasteiger partial charge in [0.2, 0.25) is 0 Å². The minimum absolute atomic E-state index is 0.285. The number of aliphatic hydroxyl groups is 1. The van der Waals surface area contributed by atoms with Crippen LogP contribution in [0.2, 0.25) is 0 Å². The topological polar surface area (TPSA) is 32.3 Å². The zero-order chi connectivity index (χ0) is 14.8. The maximum atomic E-state index is 10.6. The van der Waals surface area contributed by atoms with Gasteiger partial charge in [0, 0.05) is 12.6 Å². The van der Waals surface area contributed by atoms with Gasteiger partial charge in [0.25, 0.3) is 0 Å². The number of hydrogen-bond acceptors (Lipinski definition) is 3. The molecule has 112 valence electrons. The van der Waals surface area contributed by atoms with Crippen molar-refractivity contribution < 1.29 is 5.11 Å². The highest BCUT2D eigenvalue weighted by atomic mass is 32.2. The van der Waals surface area contributed by atoms with E-state index in [4.69, 9.17) is 0 Å².